The lowest BCUT2D eigenvalue weighted by Crippen LogP contribution is -2.39. The predicted octanol–water partition coefficient (Wildman–Crippen LogP) is 1.83. The Morgan fingerprint density at radius 2 is 2.04 bits per heavy atom. The van der Waals surface area contributed by atoms with Gasteiger partial charge in [-0.3, -0.25) is 4.79 Å². The van der Waals surface area contributed by atoms with Crippen LogP contribution >= 0.6 is 11.3 Å². The van der Waals surface area contributed by atoms with E-state index in [1.165, 1.54) is 21.9 Å². The molecule has 7 nitrogen and oxygen atoms in total. The van der Waals surface area contributed by atoms with Crippen molar-refractivity contribution in [3.63, 3.8) is 0 Å². The Bertz CT molecular complexity index is 983. The van der Waals surface area contributed by atoms with Crippen LogP contribution in [0.4, 0.5) is 0 Å². The van der Waals surface area contributed by atoms with Crippen LogP contribution in [0, 0.1) is 5.92 Å². The van der Waals surface area contributed by atoms with Crippen molar-refractivity contribution in [2.24, 2.45) is 10.9 Å². The predicted molar refractivity (Wildman–Crippen MR) is 102 cm³/mol. The zero-order chi connectivity index (χ0) is 18.9. The van der Waals surface area contributed by atoms with Crippen molar-refractivity contribution in [3.8, 4) is 5.75 Å². The SMILES string of the molecule is CCn1c(=NC(=O)C2CCN(S(C)(=O)=O)CC2)sc2cc(OC)ccc21. The van der Waals surface area contributed by atoms with Gasteiger partial charge in [0.15, 0.2) is 4.80 Å². The summed E-state index contributed by atoms with van der Waals surface area (Å²) in [6.07, 6.45) is 2.23. The molecule has 1 aliphatic heterocycles. The maximum absolute atomic E-state index is 12.6. The summed E-state index contributed by atoms with van der Waals surface area (Å²) < 4.78 is 32.9. The third-order valence-electron chi connectivity index (χ3n) is 4.68. The maximum Gasteiger partial charge on any atom is 0.251 e. The van der Waals surface area contributed by atoms with Gasteiger partial charge in [-0.25, -0.2) is 12.7 Å². The monoisotopic (exact) mass is 397 g/mol. The topological polar surface area (TPSA) is 81.0 Å². The number of piperidine rings is 1. The molecular formula is C17H23N3O4S2. The van der Waals surface area contributed by atoms with Gasteiger partial charge in [-0.15, -0.1) is 0 Å². The van der Waals surface area contributed by atoms with Gasteiger partial charge in [0.2, 0.25) is 10.0 Å². The fourth-order valence-electron chi connectivity index (χ4n) is 3.19. The second kappa shape index (κ2) is 7.50. The third-order valence-corrected chi connectivity index (χ3v) is 7.03. The van der Waals surface area contributed by atoms with Crippen molar-refractivity contribution in [2.45, 2.75) is 26.3 Å². The number of carbonyl (C=O) groups is 1. The van der Waals surface area contributed by atoms with E-state index in [9.17, 15) is 13.2 Å². The summed E-state index contributed by atoms with van der Waals surface area (Å²) in [4.78, 5) is 17.7. The molecule has 1 aliphatic rings. The molecule has 0 bridgehead atoms. The smallest absolute Gasteiger partial charge is 0.251 e. The highest BCUT2D eigenvalue weighted by molar-refractivity contribution is 7.88. The normalized spacial score (nSPS) is 17.7. The van der Waals surface area contributed by atoms with Gasteiger partial charge < -0.3 is 9.30 Å². The molecule has 0 atom stereocenters. The molecule has 0 unspecified atom stereocenters. The lowest BCUT2D eigenvalue weighted by molar-refractivity contribution is -0.122. The van der Waals surface area contributed by atoms with Crippen molar-refractivity contribution in [1.29, 1.82) is 0 Å². The highest BCUT2D eigenvalue weighted by atomic mass is 32.2. The lowest BCUT2D eigenvalue weighted by Gasteiger charge is -2.28. The number of thiazole rings is 1. The first kappa shape index (κ1) is 19.1. The van der Waals surface area contributed by atoms with Gasteiger partial charge >= 0.3 is 0 Å². The molecule has 2 aromatic rings. The van der Waals surface area contributed by atoms with Gasteiger partial charge in [0.25, 0.3) is 5.91 Å². The molecule has 26 heavy (non-hydrogen) atoms. The van der Waals surface area contributed by atoms with Crippen molar-refractivity contribution >= 4 is 37.5 Å². The lowest BCUT2D eigenvalue weighted by atomic mass is 9.98. The van der Waals surface area contributed by atoms with E-state index in [-0.39, 0.29) is 11.8 Å². The summed E-state index contributed by atoms with van der Waals surface area (Å²) >= 11 is 1.46. The van der Waals surface area contributed by atoms with E-state index < -0.39 is 10.0 Å². The average Bonchev–Trinajstić information content (AvgIpc) is 2.96. The zero-order valence-corrected chi connectivity index (χ0v) is 16.8. The number of rotatable bonds is 4. The van der Waals surface area contributed by atoms with Gasteiger partial charge in [0.05, 0.1) is 23.6 Å². The Kier molecular flexibility index (Phi) is 5.50. The van der Waals surface area contributed by atoms with Crippen LogP contribution in [0.15, 0.2) is 23.2 Å². The molecule has 3 rings (SSSR count). The fourth-order valence-corrected chi connectivity index (χ4v) is 5.19. The molecule has 0 aliphatic carbocycles. The number of nitrogens with zero attached hydrogens (tertiary/aromatic N) is 3. The number of aryl methyl sites for hydroxylation is 1. The van der Waals surface area contributed by atoms with Crippen LogP contribution in [0.5, 0.6) is 5.75 Å². The number of carbonyl (C=O) groups excluding carboxylic acids is 1. The Hall–Kier alpha value is -1.71. The van der Waals surface area contributed by atoms with Crippen LogP contribution < -0.4 is 9.54 Å². The first-order valence-electron chi connectivity index (χ1n) is 8.54. The molecule has 0 saturated carbocycles. The number of amides is 1. The first-order valence-corrected chi connectivity index (χ1v) is 11.2. The highest BCUT2D eigenvalue weighted by Gasteiger charge is 2.28. The quantitative estimate of drug-likeness (QED) is 0.788. The Morgan fingerprint density at radius 3 is 2.62 bits per heavy atom. The first-order chi connectivity index (χ1) is 12.3. The number of fused-ring (bicyclic) bond motifs is 1. The minimum atomic E-state index is -3.19. The summed E-state index contributed by atoms with van der Waals surface area (Å²) in [5, 5.41) is 0. The van der Waals surface area contributed by atoms with Crippen LogP contribution in [0.2, 0.25) is 0 Å². The number of methoxy groups -OCH3 is 1. The second-order valence-corrected chi connectivity index (χ2v) is 9.34. The van der Waals surface area contributed by atoms with E-state index in [1.54, 1.807) is 7.11 Å². The van der Waals surface area contributed by atoms with E-state index in [0.29, 0.717) is 37.3 Å². The molecule has 0 N–H and O–H groups in total. The summed E-state index contributed by atoms with van der Waals surface area (Å²) in [6.45, 7) is 3.49. The number of hydrogen-bond donors (Lipinski definition) is 0. The highest BCUT2D eigenvalue weighted by Crippen LogP contribution is 2.24. The van der Waals surface area contributed by atoms with Crippen LogP contribution in [0.25, 0.3) is 10.2 Å². The molecule has 1 aromatic carbocycles. The summed E-state index contributed by atoms with van der Waals surface area (Å²) in [6, 6.07) is 5.82. The molecule has 0 radical (unpaired) electrons. The van der Waals surface area contributed by atoms with Gasteiger partial charge in [-0.2, -0.15) is 4.99 Å². The van der Waals surface area contributed by atoms with Crippen molar-refractivity contribution < 1.29 is 17.9 Å². The molecule has 1 aromatic heterocycles. The van der Waals surface area contributed by atoms with Crippen LogP contribution in [0.3, 0.4) is 0 Å². The summed E-state index contributed by atoms with van der Waals surface area (Å²) in [5.74, 6) is 0.380. The van der Waals surface area contributed by atoms with Crippen molar-refractivity contribution in [3.05, 3.63) is 23.0 Å². The average molecular weight is 398 g/mol. The van der Waals surface area contributed by atoms with Gasteiger partial charge in [0, 0.05) is 25.6 Å². The number of ether oxygens (including phenoxy) is 1. The van der Waals surface area contributed by atoms with Crippen molar-refractivity contribution in [2.75, 3.05) is 26.5 Å². The molecule has 142 valence electrons. The standard InChI is InChI=1S/C17H23N3O4S2/c1-4-20-14-6-5-13(24-2)11-15(14)25-17(20)18-16(21)12-7-9-19(10-8-12)26(3,22)23/h5-6,11-12H,4,7-10H2,1-3H3. The number of benzene rings is 1. The largest absolute Gasteiger partial charge is 0.497 e. The zero-order valence-electron chi connectivity index (χ0n) is 15.1. The van der Waals surface area contributed by atoms with Gasteiger partial charge in [0.1, 0.15) is 5.75 Å². The van der Waals surface area contributed by atoms with Crippen molar-refractivity contribution in [1.82, 2.24) is 8.87 Å². The molecule has 1 amide bonds. The molecule has 1 fully saturated rings. The summed E-state index contributed by atoms with van der Waals surface area (Å²) in [5.41, 5.74) is 1.02. The molecular weight excluding hydrogens is 374 g/mol. The van der Waals surface area contributed by atoms with Gasteiger partial charge in [-0.1, -0.05) is 11.3 Å². The van der Waals surface area contributed by atoms with E-state index in [1.807, 2.05) is 29.7 Å². The van der Waals surface area contributed by atoms with E-state index in [4.69, 9.17) is 4.74 Å². The molecule has 1 saturated heterocycles. The van der Waals surface area contributed by atoms with E-state index in [2.05, 4.69) is 4.99 Å². The minimum absolute atomic E-state index is 0.168. The van der Waals surface area contributed by atoms with Crippen LogP contribution in [-0.2, 0) is 21.4 Å². The Morgan fingerprint density at radius 1 is 1.35 bits per heavy atom. The third kappa shape index (κ3) is 3.84. The summed E-state index contributed by atoms with van der Waals surface area (Å²) in [7, 11) is -1.57. The number of hydrogen-bond acceptors (Lipinski definition) is 5. The fraction of sp³-hybridized carbons (Fsp3) is 0.529. The maximum atomic E-state index is 12.6. The number of sulfonamides is 1. The minimum Gasteiger partial charge on any atom is -0.497 e. The Balaban J connectivity index is 1.86. The van der Waals surface area contributed by atoms with E-state index in [0.717, 1.165) is 16.0 Å². The molecule has 0 spiro atoms. The molecule has 9 heteroatoms. The Labute approximate surface area is 157 Å². The van der Waals surface area contributed by atoms with E-state index >= 15 is 0 Å². The van der Waals surface area contributed by atoms with Gasteiger partial charge in [-0.05, 0) is 38.0 Å². The molecule has 2 heterocycles. The second-order valence-electron chi connectivity index (χ2n) is 6.35. The number of aromatic nitrogens is 1. The van der Waals surface area contributed by atoms with Crippen LogP contribution in [-0.4, -0.2) is 49.7 Å². The van der Waals surface area contributed by atoms with Crippen LogP contribution in [0.1, 0.15) is 19.8 Å².